The van der Waals surface area contributed by atoms with Gasteiger partial charge in [-0.2, -0.15) is 9.50 Å². The number of methoxy groups -OCH3 is 2. The van der Waals surface area contributed by atoms with Crippen LogP contribution in [0.25, 0.3) is 17.0 Å². The van der Waals surface area contributed by atoms with Crippen LogP contribution in [0.1, 0.15) is 41.6 Å². The molecule has 0 spiro atoms. The van der Waals surface area contributed by atoms with E-state index >= 15 is 0 Å². The Morgan fingerprint density at radius 3 is 2.45 bits per heavy atom. The Morgan fingerprint density at radius 2 is 1.79 bits per heavy atom. The quantitative estimate of drug-likeness (QED) is 0.275. The van der Waals surface area contributed by atoms with Gasteiger partial charge in [0.15, 0.2) is 17.3 Å². The van der Waals surface area contributed by atoms with E-state index in [1.165, 1.54) is 4.52 Å². The minimum atomic E-state index is -0.691. The number of amides is 1. The standard InChI is InChI=1S/C27H32N8O3/c1-15-7-6-8-16(11-15)24-32-26-22(23(29)36)25(30-17-12-18(37-2)14-19(13-17)38-3)33-27(35(26)34-24)31-21-10-5-4-9-20(21)28/h6-8,11-14,20-21,30H,4-5,9-10,28H2,1-3H3,(H2,29,36)(H,31,33)/t20-,21+/m0/s1. The van der Waals surface area contributed by atoms with Crippen molar-refractivity contribution in [1.29, 1.82) is 0 Å². The molecule has 2 aromatic carbocycles. The van der Waals surface area contributed by atoms with Crippen LogP contribution in [0.4, 0.5) is 17.5 Å². The van der Waals surface area contributed by atoms with E-state index in [1.54, 1.807) is 32.4 Å². The molecule has 0 radical (unpaired) electrons. The van der Waals surface area contributed by atoms with Gasteiger partial charge in [-0.3, -0.25) is 4.79 Å². The van der Waals surface area contributed by atoms with Crippen LogP contribution in [0.5, 0.6) is 11.5 Å². The molecular formula is C27H32N8O3. The van der Waals surface area contributed by atoms with Crippen molar-refractivity contribution in [1.82, 2.24) is 19.6 Å². The fourth-order valence-electron chi connectivity index (χ4n) is 4.77. The van der Waals surface area contributed by atoms with Crippen LogP contribution in [0.15, 0.2) is 42.5 Å². The van der Waals surface area contributed by atoms with Gasteiger partial charge in [-0.05, 0) is 25.8 Å². The molecule has 0 saturated heterocycles. The Kier molecular flexibility index (Phi) is 7.01. The summed E-state index contributed by atoms with van der Waals surface area (Å²) in [5, 5.41) is 11.4. The second-order valence-electron chi connectivity index (χ2n) is 9.49. The normalized spacial score (nSPS) is 17.3. The van der Waals surface area contributed by atoms with Crippen molar-refractivity contribution < 1.29 is 14.3 Å². The summed E-state index contributed by atoms with van der Waals surface area (Å²) in [6.07, 6.45) is 3.97. The molecule has 1 aliphatic rings. The molecule has 1 aliphatic carbocycles. The maximum Gasteiger partial charge on any atom is 0.256 e. The number of carbonyl (C=O) groups excluding carboxylic acids is 1. The lowest BCUT2D eigenvalue weighted by Crippen LogP contribution is -2.43. The minimum absolute atomic E-state index is 0.00439. The second kappa shape index (κ2) is 10.5. The zero-order valence-corrected chi connectivity index (χ0v) is 21.7. The van der Waals surface area contributed by atoms with Gasteiger partial charge in [-0.1, -0.05) is 36.6 Å². The molecule has 1 amide bonds. The van der Waals surface area contributed by atoms with Gasteiger partial charge in [0.2, 0.25) is 5.95 Å². The van der Waals surface area contributed by atoms with Crippen LogP contribution >= 0.6 is 0 Å². The molecule has 1 fully saturated rings. The molecule has 0 unspecified atom stereocenters. The summed E-state index contributed by atoms with van der Waals surface area (Å²) in [5.41, 5.74) is 15.2. The minimum Gasteiger partial charge on any atom is -0.497 e. The Bertz CT molecular complexity index is 1460. The highest BCUT2D eigenvalue weighted by molar-refractivity contribution is 6.04. The van der Waals surface area contributed by atoms with Crippen LogP contribution in [0.3, 0.4) is 0 Å². The van der Waals surface area contributed by atoms with Crippen molar-refractivity contribution in [3.63, 3.8) is 0 Å². The number of fused-ring (bicyclic) bond motifs is 1. The summed E-state index contributed by atoms with van der Waals surface area (Å²) in [6.45, 7) is 2.00. The van der Waals surface area contributed by atoms with Crippen molar-refractivity contribution >= 4 is 29.0 Å². The third kappa shape index (κ3) is 5.05. The number of aromatic nitrogens is 4. The first-order valence-corrected chi connectivity index (χ1v) is 12.6. The monoisotopic (exact) mass is 516 g/mol. The molecular weight excluding hydrogens is 484 g/mol. The number of primary amides is 1. The van der Waals surface area contributed by atoms with Gasteiger partial charge in [0, 0.05) is 41.5 Å². The first-order chi connectivity index (χ1) is 18.4. The van der Waals surface area contributed by atoms with Gasteiger partial charge in [-0.25, -0.2) is 4.98 Å². The highest BCUT2D eigenvalue weighted by atomic mass is 16.5. The van der Waals surface area contributed by atoms with Gasteiger partial charge in [0.1, 0.15) is 17.1 Å². The lowest BCUT2D eigenvalue weighted by atomic mass is 9.91. The number of benzene rings is 2. The van der Waals surface area contributed by atoms with Gasteiger partial charge in [0.25, 0.3) is 5.91 Å². The molecule has 6 N–H and O–H groups in total. The highest BCUT2D eigenvalue weighted by Gasteiger charge is 2.27. The van der Waals surface area contributed by atoms with Crippen LogP contribution < -0.4 is 31.6 Å². The van der Waals surface area contributed by atoms with E-state index in [-0.39, 0.29) is 29.1 Å². The fourth-order valence-corrected chi connectivity index (χ4v) is 4.77. The van der Waals surface area contributed by atoms with Gasteiger partial charge in [0.05, 0.1) is 14.2 Å². The lowest BCUT2D eigenvalue weighted by molar-refractivity contribution is 0.100. The molecule has 0 aliphatic heterocycles. The average Bonchev–Trinajstić information content (AvgIpc) is 3.35. The first-order valence-electron chi connectivity index (χ1n) is 12.6. The Labute approximate surface area is 220 Å². The SMILES string of the molecule is COc1cc(Nc2nc(N[C@@H]3CCCC[C@@H]3N)n3nc(-c4cccc(C)c4)nc3c2C(N)=O)cc(OC)c1. The molecule has 5 rings (SSSR count). The van der Waals surface area contributed by atoms with E-state index in [4.69, 9.17) is 36.0 Å². The highest BCUT2D eigenvalue weighted by Crippen LogP contribution is 2.32. The van der Waals surface area contributed by atoms with Crippen LogP contribution in [0, 0.1) is 6.92 Å². The fraction of sp³-hybridized carbons (Fsp3) is 0.333. The first kappa shape index (κ1) is 25.3. The Balaban J connectivity index is 1.68. The molecule has 2 heterocycles. The molecule has 38 heavy (non-hydrogen) atoms. The number of nitrogens with one attached hydrogen (secondary N) is 2. The number of ether oxygens (including phenoxy) is 2. The number of hydrogen-bond donors (Lipinski definition) is 4. The van der Waals surface area contributed by atoms with Crippen molar-refractivity contribution in [2.45, 2.75) is 44.7 Å². The predicted octanol–water partition coefficient (Wildman–Crippen LogP) is 3.64. The average molecular weight is 517 g/mol. The summed E-state index contributed by atoms with van der Waals surface area (Å²) in [7, 11) is 3.13. The maximum absolute atomic E-state index is 12.8. The largest absolute Gasteiger partial charge is 0.497 e. The number of carbonyl (C=O) groups is 1. The third-order valence-electron chi connectivity index (χ3n) is 6.76. The Hall–Kier alpha value is -4.38. The van der Waals surface area contributed by atoms with E-state index < -0.39 is 5.91 Å². The number of rotatable bonds is 8. The van der Waals surface area contributed by atoms with Crippen molar-refractivity contribution in [3.05, 3.63) is 53.6 Å². The topological polar surface area (TPSA) is 155 Å². The maximum atomic E-state index is 12.8. The number of aryl methyl sites for hydroxylation is 1. The van der Waals surface area contributed by atoms with E-state index in [1.807, 2.05) is 31.2 Å². The molecule has 198 valence electrons. The van der Waals surface area contributed by atoms with Crippen LogP contribution in [-0.4, -0.2) is 51.8 Å². The number of nitrogens with zero attached hydrogens (tertiary/aromatic N) is 4. The van der Waals surface area contributed by atoms with Crippen LogP contribution in [-0.2, 0) is 0 Å². The smallest absolute Gasteiger partial charge is 0.256 e. The predicted molar refractivity (Wildman–Crippen MR) is 146 cm³/mol. The summed E-state index contributed by atoms with van der Waals surface area (Å²) in [4.78, 5) is 22.3. The number of anilines is 3. The molecule has 2 atom stereocenters. The summed E-state index contributed by atoms with van der Waals surface area (Å²) in [6, 6.07) is 13.1. The van der Waals surface area contributed by atoms with Gasteiger partial charge in [-0.15, -0.1) is 5.10 Å². The molecule has 0 bridgehead atoms. The van der Waals surface area contributed by atoms with E-state index in [9.17, 15) is 4.79 Å². The van der Waals surface area contributed by atoms with Crippen molar-refractivity contribution in [3.8, 4) is 22.9 Å². The molecule has 2 aromatic heterocycles. The van der Waals surface area contributed by atoms with Gasteiger partial charge >= 0.3 is 0 Å². The van der Waals surface area contributed by atoms with E-state index in [0.29, 0.717) is 29.0 Å². The zero-order valence-electron chi connectivity index (χ0n) is 21.7. The molecule has 11 heteroatoms. The summed E-state index contributed by atoms with van der Waals surface area (Å²) < 4.78 is 12.3. The van der Waals surface area contributed by atoms with Crippen molar-refractivity contribution in [2.24, 2.45) is 11.5 Å². The third-order valence-corrected chi connectivity index (χ3v) is 6.76. The lowest BCUT2D eigenvalue weighted by Gasteiger charge is -2.29. The zero-order chi connectivity index (χ0) is 26.8. The van der Waals surface area contributed by atoms with Gasteiger partial charge < -0.3 is 31.6 Å². The molecule has 4 aromatic rings. The Morgan fingerprint density at radius 1 is 1.05 bits per heavy atom. The molecule has 11 nitrogen and oxygen atoms in total. The van der Waals surface area contributed by atoms with E-state index in [0.717, 1.165) is 36.8 Å². The summed E-state index contributed by atoms with van der Waals surface area (Å²) >= 11 is 0. The van der Waals surface area contributed by atoms with Crippen molar-refractivity contribution in [2.75, 3.05) is 24.9 Å². The van der Waals surface area contributed by atoms with E-state index in [2.05, 4.69) is 10.6 Å². The number of hydrogen-bond acceptors (Lipinski definition) is 9. The second-order valence-corrected chi connectivity index (χ2v) is 9.49. The molecule has 1 saturated carbocycles. The summed E-state index contributed by atoms with van der Waals surface area (Å²) in [5.74, 6) is 1.55. The number of nitrogens with two attached hydrogens (primary N) is 2. The van der Waals surface area contributed by atoms with Crippen LogP contribution in [0.2, 0.25) is 0 Å².